The number of rotatable bonds is 3. The summed E-state index contributed by atoms with van der Waals surface area (Å²) < 4.78 is 7.92. The molecule has 0 bridgehead atoms. The smallest absolute Gasteiger partial charge is 0.133 e. The maximum atomic E-state index is 5.62. The van der Waals surface area contributed by atoms with Gasteiger partial charge in [-0.2, -0.15) is 0 Å². The Kier molecular flexibility index (Phi) is 2.80. The molecule has 2 heteroatoms. The molecule has 0 fully saturated rings. The molecule has 0 saturated carbocycles. The lowest BCUT2D eigenvalue weighted by atomic mass is 10.2. The van der Waals surface area contributed by atoms with Gasteiger partial charge in [0.2, 0.25) is 0 Å². The number of benzene rings is 2. The number of aromatic nitrogens is 1. The van der Waals surface area contributed by atoms with Gasteiger partial charge in [0, 0.05) is 17.9 Å². The lowest BCUT2D eigenvalue weighted by molar-refractivity contribution is 0.0480. The second-order valence-electron chi connectivity index (χ2n) is 4.50. The monoisotopic (exact) mass is 239 g/mol. The first-order chi connectivity index (χ1) is 8.86. The van der Waals surface area contributed by atoms with Crippen molar-refractivity contribution in [3.63, 3.8) is 0 Å². The molecule has 0 N–H and O–H groups in total. The molecule has 0 aliphatic carbocycles. The highest BCUT2D eigenvalue weighted by atomic mass is 16.5. The summed E-state index contributed by atoms with van der Waals surface area (Å²) in [5.74, 6) is 0. The molecular weight excluding hydrogens is 222 g/mol. The Balaban J connectivity index is 2.45. The number of methoxy groups -OCH3 is 1. The average Bonchev–Trinajstić information content (AvgIpc) is 2.76. The van der Waals surface area contributed by atoms with Crippen molar-refractivity contribution in [3.8, 4) is 0 Å². The van der Waals surface area contributed by atoms with Crippen molar-refractivity contribution in [1.29, 1.82) is 0 Å². The van der Waals surface area contributed by atoms with Crippen molar-refractivity contribution in [3.05, 3.63) is 48.5 Å². The van der Waals surface area contributed by atoms with Crippen molar-refractivity contribution in [2.45, 2.75) is 19.6 Å². The van der Waals surface area contributed by atoms with Crippen LogP contribution in [0.4, 0.5) is 0 Å². The predicted molar refractivity (Wildman–Crippen MR) is 75.8 cm³/mol. The molecule has 0 aliphatic heterocycles. The average molecular weight is 239 g/mol. The second kappa shape index (κ2) is 4.46. The van der Waals surface area contributed by atoms with Gasteiger partial charge in [-0.15, -0.1) is 0 Å². The fourth-order valence-electron chi connectivity index (χ4n) is 2.72. The Bertz CT molecular complexity index is 626. The minimum atomic E-state index is 0.0924. The zero-order chi connectivity index (χ0) is 12.5. The molecular formula is C16H17NO. The lowest BCUT2D eigenvalue weighted by Gasteiger charge is -2.17. The molecule has 0 saturated heterocycles. The Morgan fingerprint density at radius 1 is 0.944 bits per heavy atom. The van der Waals surface area contributed by atoms with Gasteiger partial charge in [-0.3, -0.25) is 0 Å². The molecule has 1 atom stereocenters. The maximum Gasteiger partial charge on any atom is 0.133 e. The van der Waals surface area contributed by atoms with Crippen molar-refractivity contribution in [2.24, 2.45) is 0 Å². The molecule has 18 heavy (non-hydrogen) atoms. The molecule has 0 amide bonds. The molecule has 0 aliphatic rings. The van der Waals surface area contributed by atoms with Crippen LogP contribution in [0.15, 0.2) is 48.5 Å². The molecule has 1 aromatic heterocycles. The van der Waals surface area contributed by atoms with Crippen LogP contribution in [0.2, 0.25) is 0 Å². The summed E-state index contributed by atoms with van der Waals surface area (Å²) >= 11 is 0. The van der Waals surface area contributed by atoms with Crippen molar-refractivity contribution >= 4 is 21.8 Å². The summed E-state index contributed by atoms with van der Waals surface area (Å²) in [6, 6.07) is 17.0. The Morgan fingerprint density at radius 2 is 1.44 bits per heavy atom. The summed E-state index contributed by atoms with van der Waals surface area (Å²) in [7, 11) is 1.78. The third-order valence-electron chi connectivity index (χ3n) is 3.53. The summed E-state index contributed by atoms with van der Waals surface area (Å²) in [6.45, 7) is 2.15. The van der Waals surface area contributed by atoms with Crippen LogP contribution in [0.25, 0.3) is 21.8 Å². The molecule has 3 rings (SSSR count). The van der Waals surface area contributed by atoms with E-state index >= 15 is 0 Å². The highest BCUT2D eigenvalue weighted by Gasteiger charge is 2.15. The van der Waals surface area contributed by atoms with E-state index in [0.717, 1.165) is 6.42 Å². The number of hydrogen-bond acceptors (Lipinski definition) is 1. The summed E-state index contributed by atoms with van der Waals surface area (Å²) in [5, 5.41) is 2.59. The first kappa shape index (κ1) is 11.3. The van der Waals surface area contributed by atoms with Gasteiger partial charge in [-0.05, 0) is 18.6 Å². The van der Waals surface area contributed by atoms with Crippen LogP contribution in [0.5, 0.6) is 0 Å². The Labute approximate surface area is 107 Å². The number of fused-ring (bicyclic) bond motifs is 3. The third-order valence-corrected chi connectivity index (χ3v) is 3.53. The van der Waals surface area contributed by atoms with Crippen LogP contribution in [0.3, 0.4) is 0 Å². The quantitative estimate of drug-likeness (QED) is 0.662. The SMILES string of the molecule is CC[C@@H](OC)n1c2ccccc2c2ccccc21. The number of hydrogen-bond donors (Lipinski definition) is 0. The van der Waals surface area contributed by atoms with E-state index in [1.165, 1.54) is 21.8 Å². The van der Waals surface area contributed by atoms with Crippen LogP contribution in [0.1, 0.15) is 19.6 Å². The molecule has 2 nitrogen and oxygen atoms in total. The van der Waals surface area contributed by atoms with Gasteiger partial charge in [-0.1, -0.05) is 43.3 Å². The second-order valence-corrected chi connectivity index (χ2v) is 4.50. The standard InChI is InChI=1S/C16H17NO/c1-3-16(18-2)17-14-10-6-4-8-12(14)13-9-5-7-11-15(13)17/h4-11,16H,3H2,1-2H3/t16-/m1/s1. The molecule has 0 unspecified atom stereocenters. The van der Waals surface area contributed by atoms with E-state index in [0.29, 0.717) is 0 Å². The van der Waals surface area contributed by atoms with Gasteiger partial charge in [0.1, 0.15) is 6.23 Å². The number of nitrogens with zero attached hydrogens (tertiary/aromatic N) is 1. The minimum absolute atomic E-state index is 0.0924. The molecule has 92 valence electrons. The predicted octanol–water partition coefficient (Wildman–Crippen LogP) is 4.35. The van der Waals surface area contributed by atoms with E-state index in [1.54, 1.807) is 7.11 Å². The molecule has 0 spiro atoms. The number of ether oxygens (including phenoxy) is 1. The normalized spacial score (nSPS) is 13.2. The topological polar surface area (TPSA) is 14.2 Å². The van der Waals surface area contributed by atoms with Crippen molar-refractivity contribution in [1.82, 2.24) is 4.57 Å². The molecule has 2 aromatic carbocycles. The van der Waals surface area contributed by atoms with Crippen LogP contribution < -0.4 is 0 Å². The summed E-state index contributed by atoms with van der Waals surface area (Å²) in [6.07, 6.45) is 1.05. The van der Waals surface area contributed by atoms with Gasteiger partial charge in [0.15, 0.2) is 0 Å². The fraction of sp³-hybridized carbons (Fsp3) is 0.250. The fourth-order valence-corrected chi connectivity index (χ4v) is 2.72. The van der Waals surface area contributed by atoms with E-state index in [1.807, 2.05) is 0 Å². The van der Waals surface area contributed by atoms with E-state index in [4.69, 9.17) is 4.74 Å². The van der Waals surface area contributed by atoms with Crippen LogP contribution in [-0.4, -0.2) is 11.7 Å². The van der Waals surface area contributed by atoms with E-state index in [2.05, 4.69) is 60.0 Å². The van der Waals surface area contributed by atoms with Crippen LogP contribution >= 0.6 is 0 Å². The van der Waals surface area contributed by atoms with Crippen LogP contribution in [0, 0.1) is 0 Å². The Hall–Kier alpha value is -1.80. The minimum Gasteiger partial charge on any atom is -0.361 e. The molecule has 1 heterocycles. The van der Waals surface area contributed by atoms with Crippen LogP contribution in [-0.2, 0) is 4.74 Å². The van der Waals surface area contributed by atoms with E-state index in [9.17, 15) is 0 Å². The van der Waals surface area contributed by atoms with Crippen molar-refractivity contribution < 1.29 is 4.74 Å². The summed E-state index contributed by atoms with van der Waals surface area (Å²) in [5.41, 5.74) is 2.49. The van der Waals surface area contributed by atoms with Gasteiger partial charge in [-0.25, -0.2) is 0 Å². The number of para-hydroxylation sites is 2. The van der Waals surface area contributed by atoms with E-state index in [-0.39, 0.29) is 6.23 Å². The van der Waals surface area contributed by atoms with Gasteiger partial charge in [0.05, 0.1) is 11.0 Å². The van der Waals surface area contributed by atoms with E-state index < -0.39 is 0 Å². The lowest BCUT2D eigenvalue weighted by Crippen LogP contribution is -2.09. The van der Waals surface area contributed by atoms with Gasteiger partial charge in [0.25, 0.3) is 0 Å². The van der Waals surface area contributed by atoms with Gasteiger partial charge < -0.3 is 9.30 Å². The van der Waals surface area contributed by atoms with Gasteiger partial charge >= 0.3 is 0 Å². The first-order valence-electron chi connectivity index (χ1n) is 6.37. The zero-order valence-electron chi connectivity index (χ0n) is 10.8. The van der Waals surface area contributed by atoms with Crippen molar-refractivity contribution in [2.75, 3.05) is 7.11 Å². The largest absolute Gasteiger partial charge is 0.361 e. The summed E-state index contributed by atoms with van der Waals surface area (Å²) in [4.78, 5) is 0. The Morgan fingerprint density at radius 3 is 1.89 bits per heavy atom. The zero-order valence-corrected chi connectivity index (χ0v) is 10.8. The maximum absolute atomic E-state index is 5.62. The molecule has 0 radical (unpaired) electrons. The highest BCUT2D eigenvalue weighted by Crippen LogP contribution is 2.32. The third kappa shape index (κ3) is 1.53. The first-order valence-corrected chi connectivity index (χ1v) is 6.37. The molecule has 3 aromatic rings. The highest BCUT2D eigenvalue weighted by molar-refractivity contribution is 6.08.